The summed E-state index contributed by atoms with van der Waals surface area (Å²) in [6.07, 6.45) is 2.47. The first-order valence-corrected chi connectivity index (χ1v) is 7.30. The van der Waals surface area contributed by atoms with Crippen molar-refractivity contribution in [2.75, 3.05) is 26.7 Å². The Labute approximate surface area is 121 Å². The first-order chi connectivity index (χ1) is 9.69. The molecule has 0 spiro atoms. The van der Waals surface area contributed by atoms with Crippen LogP contribution in [0, 0.1) is 5.92 Å². The number of ether oxygens (including phenoxy) is 1. The maximum Gasteiger partial charge on any atom is 0.234 e. The second-order valence-corrected chi connectivity index (χ2v) is 5.57. The number of likely N-dealkylation sites (tertiary alicyclic amines) is 1. The molecule has 20 heavy (non-hydrogen) atoms. The first kappa shape index (κ1) is 14.9. The normalized spacial score (nSPS) is 19.6. The molecule has 1 fully saturated rings. The van der Waals surface area contributed by atoms with Crippen molar-refractivity contribution < 1.29 is 9.53 Å². The van der Waals surface area contributed by atoms with Gasteiger partial charge in [-0.3, -0.25) is 9.69 Å². The van der Waals surface area contributed by atoms with Gasteiger partial charge in [-0.2, -0.15) is 0 Å². The summed E-state index contributed by atoms with van der Waals surface area (Å²) in [5, 5.41) is 2.98. The number of carbonyl (C=O) groups is 1. The van der Waals surface area contributed by atoms with E-state index >= 15 is 0 Å². The maximum absolute atomic E-state index is 12.0. The zero-order chi connectivity index (χ0) is 14.4. The number of hydrogen-bond acceptors (Lipinski definition) is 3. The van der Waals surface area contributed by atoms with E-state index in [4.69, 9.17) is 4.74 Å². The van der Waals surface area contributed by atoms with Gasteiger partial charge in [0.15, 0.2) is 0 Å². The Balaban J connectivity index is 1.80. The third-order valence-corrected chi connectivity index (χ3v) is 3.78. The first-order valence-electron chi connectivity index (χ1n) is 7.30. The molecule has 0 aliphatic carbocycles. The van der Waals surface area contributed by atoms with Gasteiger partial charge in [0, 0.05) is 18.7 Å². The number of rotatable bonds is 5. The lowest BCUT2D eigenvalue weighted by atomic mass is 10.0. The summed E-state index contributed by atoms with van der Waals surface area (Å²) in [5.74, 6) is 1.61. The van der Waals surface area contributed by atoms with Gasteiger partial charge in [-0.25, -0.2) is 0 Å². The average Bonchev–Trinajstić information content (AvgIpc) is 2.45. The van der Waals surface area contributed by atoms with Crippen LogP contribution in [0.2, 0.25) is 0 Å². The Kier molecular flexibility index (Phi) is 5.41. The van der Waals surface area contributed by atoms with E-state index in [0.717, 1.165) is 24.4 Å². The Hall–Kier alpha value is -1.55. The minimum Gasteiger partial charge on any atom is -0.496 e. The SMILES string of the molecule is COc1ccccc1CNC(=O)CN1CCC[C@H](C)C1. The van der Waals surface area contributed by atoms with E-state index in [1.807, 2.05) is 24.3 Å². The molecule has 0 saturated carbocycles. The lowest BCUT2D eigenvalue weighted by molar-refractivity contribution is -0.122. The van der Waals surface area contributed by atoms with E-state index in [2.05, 4.69) is 17.1 Å². The van der Waals surface area contributed by atoms with Crippen molar-refractivity contribution in [3.8, 4) is 5.75 Å². The highest BCUT2D eigenvalue weighted by molar-refractivity contribution is 5.78. The molecule has 1 saturated heterocycles. The summed E-state index contributed by atoms with van der Waals surface area (Å²) in [6.45, 7) is 5.33. The quantitative estimate of drug-likeness (QED) is 0.895. The van der Waals surface area contributed by atoms with Crippen LogP contribution >= 0.6 is 0 Å². The summed E-state index contributed by atoms with van der Waals surface area (Å²) >= 11 is 0. The average molecular weight is 276 g/mol. The van der Waals surface area contributed by atoms with Gasteiger partial charge in [-0.1, -0.05) is 25.1 Å². The van der Waals surface area contributed by atoms with Gasteiger partial charge in [0.25, 0.3) is 0 Å². The molecule has 1 aliphatic heterocycles. The Morgan fingerprint density at radius 1 is 1.45 bits per heavy atom. The number of methoxy groups -OCH3 is 1. The minimum absolute atomic E-state index is 0.0880. The zero-order valence-corrected chi connectivity index (χ0v) is 12.4. The Morgan fingerprint density at radius 2 is 2.25 bits per heavy atom. The summed E-state index contributed by atoms with van der Waals surface area (Å²) in [6, 6.07) is 7.77. The summed E-state index contributed by atoms with van der Waals surface area (Å²) in [7, 11) is 1.65. The highest BCUT2D eigenvalue weighted by atomic mass is 16.5. The van der Waals surface area contributed by atoms with Gasteiger partial charge in [0.1, 0.15) is 5.75 Å². The number of hydrogen-bond donors (Lipinski definition) is 1. The van der Waals surface area contributed by atoms with Crippen LogP contribution < -0.4 is 10.1 Å². The fourth-order valence-electron chi connectivity index (χ4n) is 2.73. The molecular weight excluding hydrogens is 252 g/mol. The van der Waals surface area contributed by atoms with E-state index in [1.54, 1.807) is 7.11 Å². The number of nitrogens with zero attached hydrogens (tertiary/aromatic N) is 1. The van der Waals surface area contributed by atoms with Gasteiger partial charge in [0.05, 0.1) is 13.7 Å². The van der Waals surface area contributed by atoms with Gasteiger partial charge in [0.2, 0.25) is 5.91 Å². The molecule has 1 N–H and O–H groups in total. The smallest absolute Gasteiger partial charge is 0.234 e. The fraction of sp³-hybridized carbons (Fsp3) is 0.562. The van der Waals surface area contributed by atoms with Crippen molar-refractivity contribution in [2.24, 2.45) is 5.92 Å². The number of piperidine rings is 1. The van der Waals surface area contributed by atoms with Gasteiger partial charge in [-0.05, 0) is 31.4 Å². The van der Waals surface area contributed by atoms with Crippen LogP contribution in [0.15, 0.2) is 24.3 Å². The van der Waals surface area contributed by atoms with Crippen LogP contribution in [0.4, 0.5) is 0 Å². The number of para-hydroxylation sites is 1. The summed E-state index contributed by atoms with van der Waals surface area (Å²) in [5.41, 5.74) is 1.01. The molecule has 1 aromatic rings. The van der Waals surface area contributed by atoms with Crippen molar-refractivity contribution in [1.29, 1.82) is 0 Å². The Morgan fingerprint density at radius 3 is 3.00 bits per heavy atom. The molecule has 110 valence electrons. The second-order valence-electron chi connectivity index (χ2n) is 5.57. The van der Waals surface area contributed by atoms with Crippen LogP contribution in [-0.4, -0.2) is 37.6 Å². The van der Waals surface area contributed by atoms with E-state index in [-0.39, 0.29) is 5.91 Å². The molecule has 4 nitrogen and oxygen atoms in total. The van der Waals surface area contributed by atoms with Crippen molar-refractivity contribution in [3.63, 3.8) is 0 Å². The summed E-state index contributed by atoms with van der Waals surface area (Å²) < 4.78 is 5.28. The number of amides is 1. The van der Waals surface area contributed by atoms with Crippen LogP contribution in [0.25, 0.3) is 0 Å². The van der Waals surface area contributed by atoms with E-state index < -0.39 is 0 Å². The lowest BCUT2D eigenvalue weighted by Crippen LogP contribution is -2.41. The summed E-state index contributed by atoms with van der Waals surface area (Å²) in [4.78, 5) is 14.2. The van der Waals surface area contributed by atoms with Crippen molar-refractivity contribution in [1.82, 2.24) is 10.2 Å². The molecule has 1 amide bonds. The molecule has 1 aromatic carbocycles. The molecule has 1 aliphatic rings. The third kappa shape index (κ3) is 4.23. The standard InChI is InChI=1S/C16H24N2O2/c1-13-6-5-9-18(11-13)12-16(19)17-10-14-7-3-4-8-15(14)20-2/h3-4,7-8,13H,5-6,9-12H2,1-2H3,(H,17,19)/t13-/m0/s1. The molecule has 1 heterocycles. The van der Waals surface area contributed by atoms with Crippen molar-refractivity contribution >= 4 is 5.91 Å². The van der Waals surface area contributed by atoms with Gasteiger partial charge in [-0.15, -0.1) is 0 Å². The molecule has 0 radical (unpaired) electrons. The van der Waals surface area contributed by atoms with E-state index in [1.165, 1.54) is 12.8 Å². The Bertz CT molecular complexity index is 448. The molecule has 0 unspecified atom stereocenters. The maximum atomic E-state index is 12.0. The monoisotopic (exact) mass is 276 g/mol. The lowest BCUT2D eigenvalue weighted by Gasteiger charge is -2.30. The van der Waals surface area contributed by atoms with Gasteiger partial charge >= 0.3 is 0 Å². The van der Waals surface area contributed by atoms with E-state index in [9.17, 15) is 4.79 Å². The molecule has 0 bridgehead atoms. The van der Waals surface area contributed by atoms with E-state index in [0.29, 0.717) is 19.0 Å². The van der Waals surface area contributed by atoms with Crippen LogP contribution in [0.5, 0.6) is 5.75 Å². The largest absolute Gasteiger partial charge is 0.496 e. The fourth-order valence-corrected chi connectivity index (χ4v) is 2.73. The van der Waals surface area contributed by atoms with Crippen molar-refractivity contribution in [3.05, 3.63) is 29.8 Å². The minimum atomic E-state index is 0.0880. The zero-order valence-electron chi connectivity index (χ0n) is 12.4. The van der Waals surface area contributed by atoms with Gasteiger partial charge < -0.3 is 10.1 Å². The number of benzene rings is 1. The third-order valence-electron chi connectivity index (χ3n) is 3.78. The molecule has 2 rings (SSSR count). The molecule has 0 aromatic heterocycles. The molecule has 1 atom stereocenters. The highest BCUT2D eigenvalue weighted by Crippen LogP contribution is 2.17. The number of nitrogens with one attached hydrogen (secondary N) is 1. The van der Waals surface area contributed by atoms with Crippen molar-refractivity contribution in [2.45, 2.75) is 26.3 Å². The van der Waals surface area contributed by atoms with Crippen LogP contribution in [0.3, 0.4) is 0 Å². The van der Waals surface area contributed by atoms with Crippen LogP contribution in [0.1, 0.15) is 25.3 Å². The topological polar surface area (TPSA) is 41.6 Å². The predicted octanol–water partition coefficient (Wildman–Crippen LogP) is 2.04. The van der Waals surface area contributed by atoms with Crippen LogP contribution in [-0.2, 0) is 11.3 Å². The second kappa shape index (κ2) is 7.29. The molecule has 4 heteroatoms. The molecular formula is C16H24N2O2. The predicted molar refractivity (Wildman–Crippen MR) is 79.7 cm³/mol. The number of carbonyl (C=O) groups excluding carboxylic acids is 1. The highest BCUT2D eigenvalue weighted by Gasteiger charge is 2.18.